The Balaban J connectivity index is 2.35. The predicted molar refractivity (Wildman–Crippen MR) is 66.3 cm³/mol. The van der Waals surface area contributed by atoms with Gasteiger partial charge in [-0.25, -0.2) is 13.8 Å². The van der Waals surface area contributed by atoms with Crippen LogP contribution in [0.15, 0.2) is 34.8 Å². The minimum Gasteiger partial charge on any atom is -0.335 e. The second-order valence-corrected chi connectivity index (χ2v) is 4.34. The van der Waals surface area contributed by atoms with Gasteiger partial charge in [-0.3, -0.25) is 0 Å². The van der Waals surface area contributed by atoms with Crippen molar-refractivity contribution < 1.29 is 8.78 Å². The first-order valence-electron chi connectivity index (χ1n) is 4.92. The van der Waals surface area contributed by atoms with Crippen LogP contribution < -0.4 is 5.32 Å². The summed E-state index contributed by atoms with van der Waals surface area (Å²) in [5.74, 6) is -0.894. The molecule has 2 rings (SSSR count). The lowest BCUT2D eigenvalue weighted by molar-refractivity contribution is 0.590. The molecule has 0 saturated carbocycles. The molecule has 88 valence electrons. The number of nitrogens with one attached hydrogen (secondary N) is 1. The Hall–Kier alpha value is -1.49. The van der Waals surface area contributed by atoms with Crippen LogP contribution in [0.2, 0.25) is 0 Å². The van der Waals surface area contributed by atoms with Crippen molar-refractivity contribution >= 4 is 27.4 Å². The van der Waals surface area contributed by atoms with Gasteiger partial charge in [0.05, 0.1) is 5.69 Å². The van der Waals surface area contributed by atoms with Gasteiger partial charge < -0.3 is 5.32 Å². The van der Waals surface area contributed by atoms with Crippen molar-refractivity contribution in [2.75, 3.05) is 5.32 Å². The number of pyridine rings is 1. The summed E-state index contributed by atoms with van der Waals surface area (Å²) in [5, 5.41) is 2.63. The van der Waals surface area contributed by atoms with Gasteiger partial charge in [-0.2, -0.15) is 0 Å². The summed E-state index contributed by atoms with van der Waals surface area (Å²) in [4.78, 5) is 4.16. The molecule has 1 heterocycles. The molecule has 0 spiro atoms. The predicted octanol–water partition coefficient (Wildman–Crippen LogP) is 4.17. The summed E-state index contributed by atoms with van der Waals surface area (Å²) in [7, 11) is 0. The average molecular weight is 299 g/mol. The molecule has 2 nitrogen and oxygen atoms in total. The fourth-order valence-corrected chi connectivity index (χ4v) is 1.58. The van der Waals surface area contributed by atoms with E-state index in [0.717, 1.165) is 10.2 Å². The molecule has 0 saturated heterocycles. The fourth-order valence-electron chi connectivity index (χ4n) is 1.36. The topological polar surface area (TPSA) is 24.9 Å². The van der Waals surface area contributed by atoms with Crippen LogP contribution in [0.3, 0.4) is 0 Å². The van der Waals surface area contributed by atoms with Crippen molar-refractivity contribution in [1.29, 1.82) is 0 Å². The monoisotopic (exact) mass is 298 g/mol. The van der Waals surface area contributed by atoms with E-state index in [9.17, 15) is 8.78 Å². The average Bonchev–Trinajstić information content (AvgIpc) is 2.28. The molecule has 0 fully saturated rings. The smallest absolute Gasteiger partial charge is 0.149 e. The third-order valence-corrected chi connectivity index (χ3v) is 3.08. The molecule has 0 radical (unpaired) electrons. The minimum atomic E-state index is -0.646. The van der Waals surface area contributed by atoms with E-state index in [4.69, 9.17) is 0 Å². The lowest BCUT2D eigenvalue weighted by Gasteiger charge is -2.08. The summed E-state index contributed by atoms with van der Waals surface area (Å²) < 4.78 is 27.6. The molecular weight excluding hydrogens is 290 g/mol. The molecule has 0 atom stereocenters. The normalized spacial score (nSPS) is 10.4. The highest BCUT2D eigenvalue weighted by atomic mass is 79.9. The van der Waals surface area contributed by atoms with E-state index in [1.54, 1.807) is 19.1 Å². The highest BCUT2D eigenvalue weighted by Gasteiger charge is 2.09. The lowest BCUT2D eigenvalue weighted by atomic mass is 10.3. The van der Waals surface area contributed by atoms with Gasteiger partial charge in [0, 0.05) is 4.47 Å². The second kappa shape index (κ2) is 4.79. The SMILES string of the molecule is Cc1nc(Nc2c(F)cccc2F)ccc1Br. The van der Waals surface area contributed by atoms with Gasteiger partial charge in [0.2, 0.25) is 0 Å². The van der Waals surface area contributed by atoms with Crippen LogP contribution in [-0.4, -0.2) is 4.98 Å². The summed E-state index contributed by atoms with van der Waals surface area (Å²) in [5.41, 5.74) is 0.550. The Morgan fingerprint density at radius 3 is 2.35 bits per heavy atom. The van der Waals surface area contributed by atoms with E-state index in [-0.39, 0.29) is 5.69 Å². The molecule has 1 aromatic heterocycles. The summed E-state index contributed by atoms with van der Waals surface area (Å²) in [6.07, 6.45) is 0. The lowest BCUT2D eigenvalue weighted by Crippen LogP contribution is -2.00. The number of para-hydroxylation sites is 1. The second-order valence-electron chi connectivity index (χ2n) is 3.49. The van der Waals surface area contributed by atoms with Crippen LogP contribution in [-0.2, 0) is 0 Å². The van der Waals surface area contributed by atoms with E-state index >= 15 is 0 Å². The van der Waals surface area contributed by atoms with Crippen molar-refractivity contribution in [2.24, 2.45) is 0 Å². The van der Waals surface area contributed by atoms with Crippen LogP contribution in [0, 0.1) is 18.6 Å². The molecule has 0 aliphatic rings. The largest absolute Gasteiger partial charge is 0.335 e. The molecule has 0 aliphatic heterocycles. The van der Waals surface area contributed by atoms with Gasteiger partial charge in [-0.15, -0.1) is 0 Å². The van der Waals surface area contributed by atoms with E-state index < -0.39 is 11.6 Å². The molecule has 0 unspecified atom stereocenters. The first kappa shape index (κ1) is 12.0. The molecule has 0 aliphatic carbocycles. The number of aromatic nitrogens is 1. The number of rotatable bonds is 2. The number of anilines is 2. The van der Waals surface area contributed by atoms with Crippen molar-refractivity contribution in [2.45, 2.75) is 6.92 Å². The third-order valence-electron chi connectivity index (χ3n) is 2.24. The van der Waals surface area contributed by atoms with Gasteiger partial charge in [-0.05, 0) is 47.1 Å². The molecule has 0 amide bonds. The Labute approximate surface area is 106 Å². The zero-order valence-corrected chi connectivity index (χ0v) is 10.6. The van der Waals surface area contributed by atoms with Gasteiger partial charge in [0.1, 0.15) is 23.1 Å². The molecule has 17 heavy (non-hydrogen) atoms. The summed E-state index contributed by atoms with van der Waals surface area (Å²) >= 11 is 3.31. The zero-order chi connectivity index (χ0) is 12.4. The Bertz CT molecular complexity index is 538. The van der Waals surface area contributed by atoms with Crippen molar-refractivity contribution in [3.63, 3.8) is 0 Å². The van der Waals surface area contributed by atoms with Gasteiger partial charge in [0.25, 0.3) is 0 Å². The first-order chi connectivity index (χ1) is 8.08. The quantitative estimate of drug-likeness (QED) is 0.900. The van der Waals surface area contributed by atoms with E-state index in [0.29, 0.717) is 5.82 Å². The maximum atomic E-state index is 13.4. The van der Waals surface area contributed by atoms with Crippen LogP contribution in [0.4, 0.5) is 20.3 Å². The van der Waals surface area contributed by atoms with Crippen LogP contribution in [0.25, 0.3) is 0 Å². The van der Waals surface area contributed by atoms with Crippen LogP contribution in [0.1, 0.15) is 5.69 Å². The molecular formula is C12H9BrF2N2. The van der Waals surface area contributed by atoms with Crippen molar-refractivity contribution in [3.8, 4) is 0 Å². The minimum absolute atomic E-state index is 0.193. The highest BCUT2D eigenvalue weighted by molar-refractivity contribution is 9.10. The first-order valence-corrected chi connectivity index (χ1v) is 5.71. The Kier molecular flexibility index (Phi) is 3.38. The van der Waals surface area contributed by atoms with E-state index in [1.807, 2.05) is 0 Å². The number of hydrogen-bond acceptors (Lipinski definition) is 2. The maximum absolute atomic E-state index is 13.4. The number of aryl methyl sites for hydroxylation is 1. The summed E-state index contributed by atoms with van der Waals surface area (Å²) in [6.45, 7) is 1.80. The van der Waals surface area contributed by atoms with Crippen LogP contribution in [0.5, 0.6) is 0 Å². The maximum Gasteiger partial charge on any atom is 0.149 e. The fraction of sp³-hybridized carbons (Fsp3) is 0.0833. The zero-order valence-electron chi connectivity index (χ0n) is 8.97. The number of hydrogen-bond donors (Lipinski definition) is 1. The standard InChI is InChI=1S/C12H9BrF2N2/c1-7-8(13)5-6-11(16-7)17-12-9(14)3-2-4-10(12)15/h2-6H,1H3,(H,16,17). The van der Waals surface area contributed by atoms with Gasteiger partial charge in [0.15, 0.2) is 0 Å². The molecule has 5 heteroatoms. The Morgan fingerprint density at radius 1 is 1.12 bits per heavy atom. The molecule has 2 aromatic rings. The third kappa shape index (κ3) is 2.61. The van der Waals surface area contributed by atoms with Crippen molar-refractivity contribution in [3.05, 3.63) is 52.1 Å². The van der Waals surface area contributed by atoms with Crippen molar-refractivity contribution in [1.82, 2.24) is 4.98 Å². The highest BCUT2D eigenvalue weighted by Crippen LogP contribution is 2.23. The summed E-state index contributed by atoms with van der Waals surface area (Å²) in [6, 6.07) is 7.11. The molecule has 0 bridgehead atoms. The van der Waals surface area contributed by atoms with Gasteiger partial charge in [-0.1, -0.05) is 6.07 Å². The number of benzene rings is 1. The molecule has 1 N–H and O–H groups in total. The van der Waals surface area contributed by atoms with E-state index in [1.165, 1.54) is 18.2 Å². The van der Waals surface area contributed by atoms with Crippen LogP contribution >= 0.6 is 15.9 Å². The molecule has 1 aromatic carbocycles. The van der Waals surface area contributed by atoms with Gasteiger partial charge >= 0.3 is 0 Å². The number of halogens is 3. The number of nitrogens with zero attached hydrogens (tertiary/aromatic N) is 1. The Morgan fingerprint density at radius 2 is 1.76 bits per heavy atom. The van der Waals surface area contributed by atoms with E-state index in [2.05, 4.69) is 26.2 Å².